The predicted molar refractivity (Wildman–Crippen MR) is 84.3 cm³/mol. The molecule has 1 N–H and O–H groups in total. The number of carbonyl (C=O) groups is 3. The number of alkyl carbamates (subject to hydrolysis) is 1. The molecule has 1 heterocycles. The lowest BCUT2D eigenvalue weighted by atomic mass is 10.1. The average molecular weight is 335 g/mol. The molecule has 0 spiro atoms. The molecular weight excluding hydrogens is 314 g/mol. The Bertz CT molecular complexity index is 634. The van der Waals surface area contributed by atoms with E-state index in [9.17, 15) is 14.4 Å². The van der Waals surface area contributed by atoms with Crippen molar-refractivity contribution in [1.29, 1.82) is 0 Å². The fourth-order valence-corrected chi connectivity index (χ4v) is 2.08. The van der Waals surface area contributed by atoms with Gasteiger partial charge in [-0.3, -0.25) is 0 Å². The summed E-state index contributed by atoms with van der Waals surface area (Å²) in [5, 5.41) is 2.61. The van der Waals surface area contributed by atoms with Crippen LogP contribution in [0.1, 0.15) is 43.1 Å². The second kappa shape index (κ2) is 7.33. The maximum atomic E-state index is 12.1. The number of esters is 2. The Morgan fingerprint density at radius 2 is 2.08 bits per heavy atom. The summed E-state index contributed by atoms with van der Waals surface area (Å²) in [5.74, 6) is -1.12. The number of nitrogens with one attached hydrogen (secondary N) is 1. The summed E-state index contributed by atoms with van der Waals surface area (Å²) in [7, 11) is 0. The lowest BCUT2D eigenvalue weighted by Crippen LogP contribution is -2.32. The standard InChI is InChI=1S/C17H21NO6/c1-17(2,3)24-16(21)18-10-11-5-4-6-12(9-11)14(19)23-13-7-8-22-15(13)20/h4-6,9,13H,7-8,10H2,1-3H3,(H,18,21). The smallest absolute Gasteiger partial charge is 0.407 e. The summed E-state index contributed by atoms with van der Waals surface area (Å²) >= 11 is 0. The van der Waals surface area contributed by atoms with Crippen LogP contribution in [0.3, 0.4) is 0 Å². The summed E-state index contributed by atoms with van der Waals surface area (Å²) < 4.78 is 15.0. The molecule has 7 heteroatoms. The van der Waals surface area contributed by atoms with E-state index in [1.54, 1.807) is 45.0 Å². The van der Waals surface area contributed by atoms with Gasteiger partial charge in [-0.25, -0.2) is 14.4 Å². The zero-order valence-corrected chi connectivity index (χ0v) is 14.0. The van der Waals surface area contributed by atoms with E-state index in [1.807, 2.05) is 0 Å². The first kappa shape index (κ1) is 17.8. The molecule has 1 fully saturated rings. The molecule has 0 saturated carbocycles. The molecule has 1 aliphatic heterocycles. The molecule has 0 aromatic heterocycles. The highest BCUT2D eigenvalue weighted by Gasteiger charge is 2.30. The van der Waals surface area contributed by atoms with E-state index >= 15 is 0 Å². The van der Waals surface area contributed by atoms with Crippen molar-refractivity contribution < 1.29 is 28.6 Å². The molecule has 0 radical (unpaired) electrons. The third-order valence-corrected chi connectivity index (χ3v) is 3.13. The first-order valence-corrected chi connectivity index (χ1v) is 7.68. The molecule has 7 nitrogen and oxygen atoms in total. The zero-order valence-electron chi connectivity index (χ0n) is 14.0. The highest BCUT2D eigenvalue weighted by Crippen LogP contribution is 2.14. The average Bonchev–Trinajstić information content (AvgIpc) is 2.89. The Kier molecular flexibility index (Phi) is 5.43. The number of cyclic esters (lactones) is 1. The van der Waals surface area contributed by atoms with Gasteiger partial charge in [-0.2, -0.15) is 0 Å². The van der Waals surface area contributed by atoms with Gasteiger partial charge in [0.2, 0.25) is 6.10 Å². The molecule has 24 heavy (non-hydrogen) atoms. The molecule has 1 saturated heterocycles. The predicted octanol–water partition coefficient (Wildman–Crippen LogP) is 2.18. The van der Waals surface area contributed by atoms with Gasteiger partial charge in [0, 0.05) is 13.0 Å². The number of rotatable bonds is 4. The van der Waals surface area contributed by atoms with Gasteiger partial charge in [-0.1, -0.05) is 12.1 Å². The van der Waals surface area contributed by atoms with Crippen molar-refractivity contribution >= 4 is 18.0 Å². The Labute approximate surface area is 140 Å². The molecule has 2 rings (SSSR count). The third-order valence-electron chi connectivity index (χ3n) is 3.13. The van der Waals surface area contributed by atoms with Crippen LogP contribution < -0.4 is 5.32 Å². The van der Waals surface area contributed by atoms with Crippen molar-refractivity contribution in [3.05, 3.63) is 35.4 Å². The molecule has 1 aliphatic rings. The van der Waals surface area contributed by atoms with Gasteiger partial charge in [0.15, 0.2) is 0 Å². The first-order chi connectivity index (χ1) is 11.2. The lowest BCUT2D eigenvalue weighted by molar-refractivity contribution is -0.145. The number of amides is 1. The topological polar surface area (TPSA) is 90.9 Å². The van der Waals surface area contributed by atoms with Crippen LogP contribution in [0.25, 0.3) is 0 Å². The highest BCUT2D eigenvalue weighted by atomic mass is 16.6. The fourth-order valence-electron chi connectivity index (χ4n) is 2.08. The van der Waals surface area contributed by atoms with Gasteiger partial charge in [-0.15, -0.1) is 0 Å². The van der Waals surface area contributed by atoms with E-state index in [2.05, 4.69) is 5.32 Å². The molecule has 1 unspecified atom stereocenters. The Balaban J connectivity index is 1.92. The monoisotopic (exact) mass is 335 g/mol. The minimum atomic E-state index is -0.846. The molecule has 1 aromatic carbocycles. The van der Waals surface area contributed by atoms with Crippen LogP contribution in [0.5, 0.6) is 0 Å². The molecule has 0 aliphatic carbocycles. The van der Waals surface area contributed by atoms with E-state index in [4.69, 9.17) is 14.2 Å². The van der Waals surface area contributed by atoms with E-state index in [0.29, 0.717) is 17.5 Å². The van der Waals surface area contributed by atoms with Crippen LogP contribution in [-0.2, 0) is 25.5 Å². The van der Waals surface area contributed by atoms with E-state index in [1.165, 1.54) is 0 Å². The summed E-state index contributed by atoms with van der Waals surface area (Å²) in [4.78, 5) is 35.1. The number of carbonyl (C=O) groups excluding carboxylic acids is 3. The molecule has 1 aromatic rings. The van der Waals surface area contributed by atoms with Crippen LogP contribution in [0.4, 0.5) is 4.79 Å². The second-order valence-electron chi connectivity index (χ2n) is 6.41. The summed E-state index contributed by atoms with van der Waals surface area (Å²) in [6.45, 7) is 5.80. The van der Waals surface area contributed by atoms with Crippen molar-refractivity contribution in [2.75, 3.05) is 6.61 Å². The number of hydrogen-bond donors (Lipinski definition) is 1. The van der Waals surface area contributed by atoms with Crippen molar-refractivity contribution in [2.45, 2.75) is 45.4 Å². The van der Waals surface area contributed by atoms with Gasteiger partial charge in [0.05, 0.1) is 12.2 Å². The van der Waals surface area contributed by atoms with Gasteiger partial charge < -0.3 is 19.5 Å². The quantitative estimate of drug-likeness (QED) is 0.670. The van der Waals surface area contributed by atoms with Crippen LogP contribution >= 0.6 is 0 Å². The number of ether oxygens (including phenoxy) is 3. The van der Waals surface area contributed by atoms with Crippen LogP contribution in [-0.4, -0.2) is 36.3 Å². The zero-order chi connectivity index (χ0) is 17.7. The van der Waals surface area contributed by atoms with Gasteiger partial charge in [-0.05, 0) is 38.5 Å². The van der Waals surface area contributed by atoms with Crippen molar-refractivity contribution in [3.8, 4) is 0 Å². The normalized spacial score (nSPS) is 17.1. The maximum Gasteiger partial charge on any atom is 0.407 e. The Morgan fingerprint density at radius 1 is 1.33 bits per heavy atom. The van der Waals surface area contributed by atoms with Crippen molar-refractivity contribution in [3.63, 3.8) is 0 Å². The van der Waals surface area contributed by atoms with Crippen LogP contribution in [0, 0.1) is 0 Å². The molecule has 1 atom stereocenters. The fraction of sp³-hybridized carbons (Fsp3) is 0.471. The summed E-state index contributed by atoms with van der Waals surface area (Å²) in [6, 6.07) is 6.62. The van der Waals surface area contributed by atoms with Gasteiger partial charge in [0.25, 0.3) is 0 Å². The van der Waals surface area contributed by atoms with E-state index < -0.39 is 29.7 Å². The second-order valence-corrected chi connectivity index (χ2v) is 6.41. The SMILES string of the molecule is CC(C)(C)OC(=O)NCc1cccc(C(=O)OC2CCOC2=O)c1. The first-order valence-electron chi connectivity index (χ1n) is 7.68. The van der Waals surface area contributed by atoms with Crippen molar-refractivity contribution in [1.82, 2.24) is 5.32 Å². The molecular formula is C17H21NO6. The highest BCUT2D eigenvalue weighted by molar-refractivity contribution is 5.91. The van der Waals surface area contributed by atoms with Crippen LogP contribution in [0.2, 0.25) is 0 Å². The third kappa shape index (κ3) is 5.26. The Hall–Kier alpha value is -2.57. The largest absolute Gasteiger partial charge is 0.463 e. The van der Waals surface area contributed by atoms with Gasteiger partial charge in [0.1, 0.15) is 5.60 Å². The van der Waals surface area contributed by atoms with E-state index in [-0.39, 0.29) is 13.2 Å². The Morgan fingerprint density at radius 3 is 2.71 bits per heavy atom. The molecule has 130 valence electrons. The minimum Gasteiger partial charge on any atom is -0.463 e. The van der Waals surface area contributed by atoms with Gasteiger partial charge >= 0.3 is 18.0 Å². The summed E-state index contributed by atoms with van der Waals surface area (Å²) in [6.07, 6.45) is -1.02. The molecule has 1 amide bonds. The van der Waals surface area contributed by atoms with Crippen LogP contribution in [0.15, 0.2) is 24.3 Å². The lowest BCUT2D eigenvalue weighted by Gasteiger charge is -2.19. The van der Waals surface area contributed by atoms with E-state index in [0.717, 1.165) is 0 Å². The number of hydrogen-bond acceptors (Lipinski definition) is 6. The number of benzene rings is 1. The maximum absolute atomic E-state index is 12.1. The summed E-state index contributed by atoms with van der Waals surface area (Å²) in [5.41, 5.74) is 0.438. The van der Waals surface area contributed by atoms with Crippen molar-refractivity contribution in [2.24, 2.45) is 0 Å². The molecule has 0 bridgehead atoms. The minimum absolute atomic E-state index is 0.210.